The molecule has 0 saturated heterocycles. The molecule has 0 radical (unpaired) electrons. The van der Waals surface area contributed by atoms with Crippen LogP contribution < -0.4 is 0 Å². The van der Waals surface area contributed by atoms with Crippen LogP contribution in [0.2, 0.25) is 0 Å². The summed E-state index contributed by atoms with van der Waals surface area (Å²) in [6.07, 6.45) is 6.36. The predicted octanol–water partition coefficient (Wildman–Crippen LogP) is 2.47. The summed E-state index contributed by atoms with van der Waals surface area (Å²) in [6, 6.07) is 0.241. The number of carbonyl (C=O) groups excluding carboxylic acids is 1. The first-order valence-electron chi connectivity index (χ1n) is 7.47. The number of amides is 1. The third-order valence-electron chi connectivity index (χ3n) is 4.94. The Labute approximate surface area is 120 Å². The molecule has 1 aromatic rings. The molecule has 2 rings (SSSR count). The van der Waals surface area contributed by atoms with Crippen molar-refractivity contribution in [3.8, 4) is 0 Å². The summed E-state index contributed by atoms with van der Waals surface area (Å²) in [5.41, 5.74) is 0.633. The van der Waals surface area contributed by atoms with E-state index in [1.807, 2.05) is 18.9 Å². The van der Waals surface area contributed by atoms with Gasteiger partial charge in [-0.25, -0.2) is 4.98 Å². The molecule has 1 aliphatic rings. The molecule has 1 aromatic heterocycles. The number of aromatic amines is 1. The molecule has 112 valence electrons. The van der Waals surface area contributed by atoms with E-state index in [1.165, 1.54) is 6.33 Å². The van der Waals surface area contributed by atoms with Gasteiger partial charge < -0.3 is 14.6 Å². The number of ether oxygens (including phenoxy) is 1. The average molecular weight is 279 g/mol. The molecule has 20 heavy (non-hydrogen) atoms. The van der Waals surface area contributed by atoms with Crippen molar-refractivity contribution in [1.82, 2.24) is 14.9 Å². The van der Waals surface area contributed by atoms with Crippen LogP contribution in [0.4, 0.5) is 0 Å². The Bertz CT molecular complexity index is 440. The number of carbonyl (C=O) groups is 1. The van der Waals surface area contributed by atoms with Crippen molar-refractivity contribution in [2.24, 2.45) is 5.41 Å². The third kappa shape index (κ3) is 2.24. The Hall–Kier alpha value is -1.36. The van der Waals surface area contributed by atoms with Crippen LogP contribution >= 0.6 is 0 Å². The summed E-state index contributed by atoms with van der Waals surface area (Å²) in [4.78, 5) is 21.1. The number of hydrogen-bond donors (Lipinski definition) is 1. The number of hydrogen-bond acceptors (Lipinski definition) is 3. The monoisotopic (exact) mass is 279 g/mol. The highest BCUT2D eigenvalue weighted by Gasteiger charge is 2.55. The van der Waals surface area contributed by atoms with Gasteiger partial charge in [-0.05, 0) is 26.2 Å². The second-order valence-corrected chi connectivity index (χ2v) is 5.52. The number of nitrogens with one attached hydrogen (secondary N) is 1. The van der Waals surface area contributed by atoms with Gasteiger partial charge in [-0.3, -0.25) is 4.79 Å². The fourth-order valence-electron chi connectivity index (χ4n) is 3.59. The molecule has 1 aliphatic carbocycles. The second-order valence-electron chi connectivity index (χ2n) is 5.52. The first kappa shape index (κ1) is 15.0. The zero-order chi connectivity index (χ0) is 14.8. The maximum absolute atomic E-state index is 12.4. The van der Waals surface area contributed by atoms with Crippen LogP contribution in [-0.2, 0) is 4.74 Å². The minimum absolute atomic E-state index is 0.00808. The highest BCUT2D eigenvalue weighted by Crippen LogP contribution is 2.51. The van der Waals surface area contributed by atoms with Crippen molar-refractivity contribution in [2.45, 2.75) is 52.2 Å². The Morgan fingerprint density at radius 3 is 2.70 bits per heavy atom. The quantitative estimate of drug-likeness (QED) is 0.870. The Kier molecular flexibility index (Phi) is 4.48. The van der Waals surface area contributed by atoms with Gasteiger partial charge in [0.05, 0.1) is 18.6 Å². The van der Waals surface area contributed by atoms with Gasteiger partial charge >= 0.3 is 0 Å². The van der Waals surface area contributed by atoms with Crippen LogP contribution in [0.1, 0.15) is 50.5 Å². The molecule has 1 heterocycles. The smallest absolute Gasteiger partial charge is 0.271 e. The lowest BCUT2D eigenvalue weighted by atomic mass is 9.58. The summed E-state index contributed by atoms with van der Waals surface area (Å²) in [5, 5.41) is 0. The van der Waals surface area contributed by atoms with Crippen LogP contribution in [0.5, 0.6) is 0 Å². The van der Waals surface area contributed by atoms with E-state index in [-0.39, 0.29) is 23.5 Å². The van der Waals surface area contributed by atoms with E-state index in [0.717, 1.165) is 25.9 Å². The number of H-pyrrole nitrogens is 1. The Balaban J connectivity index is 2.14. The van der Waals surface area contributed by atoms with E-state index in [9.17, 15) is 4.79 Å². The van der Waals surface area contributed by atoms with Gasteiger partial charge in [0.25, 0.3) is 5.91 Å². The van der Waals surface area contributed by atoms with Crippen LogP contribution in [-0.4, -0.2) is 46.6 Å². The molecule has 0 aromatic carbocycles. The van der Waals surface area contributed by atoms with Gasteiger partial charge in [-0.1, -0.05) is 13.8 Å². The van der Waals surface area contributed by atoms with Crippen LogP contribution in [0.25, 0.3) is 0 Å². The fraction of sp³-hybridized carbons (Fsp3) is 0.733. The van der Waals surface area contributed by atoms with Gasteiger partial charge in [0.1, 0.15) is 5.69 Å². The number of rotatable bonds is 6. The SMILES string of the molecule is CCO[C@H]1C[C@H](N(C)C(=O)c2cnc[nH]2)C1(CC)CC. The molecule has 0 unspecified atom stereocenters. The number of nitrogens with zero attached hydrogens (tertiary/aromatic N) is 2. The molecule has 5 nitrogen and oxygen atoms in total. The number of aromatic nitrogens is 2. The highest BCUT2D eigenvalue weighted by molar-refractivity contribution is 5.92. The summed E-state index contributed by atoms with van der Waals surface area (Å²) in [6.45, 7) is 7.15. The van der Waals surface area contributed by atoms with E-state index >= 15 is 0 Å². The van der Waals surface area contributed by atoms with E-state index in [2.05, 4.69) is 23.8 Å². The minimum Gasteiger partial charge on any atom is -0.378 e. The molecular weight excluding hydrogens is 254 g/mol. The lowest BCUT2D eigenvalue weighted by Crippen LogP contribution is -2.64. The summed E-state index contributed by atoms with van der Waals surface area (Å²) in [5.74, 6) is 0.00808. The van der Waals surface area contributed by atoms with Crippen molar-refractivity contribution >= 4 is 5.91 Å². The maximum Gasteiger partial charge on any atom is 0.271 e. The van der Waals surface area contributed by atoms with Crippen LogP contribution in [0.15, 0.2) is 12.5 Å². The molecule has 1 saturated carbocycles. The topological polar surface area (TPSA) is 58.2 Å². The largest absolute Gasteiger partial charge is 0.378 e. The van der Waals surface area contributed by atoms with Crippen molar-refractivity contribution < 1.29 is 9.53 Å². The number of imidazole rings is 1. The minimum atomic E-state index is 0.00808. The van der Waals surface area contributed by atoms with Crippen molar-refractivity contribution in [2.75, 3.05) is 13.7 Å². The zero-order valence-electron chi connectivity index (χ0n) is 12.8. The molecule has 5 heteroatoms. The molecule has 1 amide bonds. The first-order chi connectivity index (χ1) is 9.60. The predicted molar refractivity (Wildman–Crippen MR) is 77.5 cm³/mol. The lowest BCUT2D eigenvalue weighted by molar-refractivity contribution is -0.159. The molecular formula is C15H25N3O2. The Morgan fingerprint density at radius 2 is 2.20 bits per heavy atom. The maximum atomic E-state index is 12.4. The van der Waals surface area contributed by atoms with Gasteiger partial charge in [-0.2, -0.15) is 0 Å². The summed E-state index contributed by atoms with van der Waals surface area (Å²) in [7, 11) is 1.88. The molecule has 0 bridgehead atoms. The lowest BCUT2D eigenvalue weighted by Gasteiger charge is -2.58. The molecule has 0 aliphatic heterocycles. The molecule has 1 N–H and O–H groups in total. The van der Waals surface area contributed by atoms with E-state index in [1.54, 1.807) is 6.20 Å². The molecule has 2 atom stereocenters. The third-order valence-corrected chi connectivity index (χ3v) is 4.94. The van der Waals surface area contributed by atoms with Crippen LogP contribution in [0, 0.1) is 5.41 Å². The summed E-state index contributed by atoms with van der Waals surface area (Å²) >= 11 is 0. The van der Waals surface area contributed by atoms with E-state index in [4.69, 9.17) is 4.74 Å². The first-order valence-corrected chi connectivity index (χ1v) is 7.47. The fourth-order valence-corrected chi connectivity index (χ4v) is 3.59. The van der Waals surface area contributed by atoms with Crippen molar-refractivity contribution in [1.29, 1.82) is 0 Å². The van der Waals surface area contributed by atoms with E-state index in [0.29, 0.717) is 5.69 Å². The summed E-state index contributed by atoms with van der Waals surface area (Å²) < 4.78 is 5.87. The Morgan fingerprint density at radius 1 is 1.50 bits per heavy atom. The normalized spacial score (nSPS) is 24.2. The van der Waals surface area contributed by atoms with Crippen molar-refractivity contribution in [3.63, 3.8) is 0 Å². The van der Waals surface area contributed by atoms with Gasteiger partial charge in [0, 0.05) is 25.1 Å². The van der Waals surface area contributed by atoms with Gasteiger partial charge in [0.15, 0.2) is 0 Å². The molecule has 0 spiro atoms. The average Bonchev–Trinajstić information content (AvgIpc) is 2.97. The second kappa shape index (κ2) is 5.95. The zero-order valence-corrected chi connectivity index (χ0v) is 12.8. The van der Waals surface area contributed by atoms with Crippen LogP contribution in [0.3, 0.4) is 0 Å². The van der Waals surface area contributed by atoms with Gasteiger partial charge in [-0.15, -0.1) is 0 Å². The van der Waals surface area contributed by atoms with E-state index < -0.39 is 0 Å². The molecule has 1 fully saturated rings. The standard InChI is InChI=1S/C15H25N3O2/c1-5-15(6-2)12(8-13(15)20-7-3)18(4)14(19)11-9-16-10-17-11/h9-10,12-13H,5-8H2,1-4H3,(H,16,17)/t12-,13-/m0/s1. The highest BCUT2D eigenvalue weighted by atomic mass is 16.5. The van der Waals surface area contributed by atoms with Gasteiger partial charge in [0.2, 0.25) is 0 Å². The van der Waals surface area contributed by atoms with Crippen molar-refractivity contribution in [3.05, 3.63) is 18.2 Å².